The molecule has 0 bridgehead atoms. The van der Waals surface area contributed by atoms with Crippen LogP contribution < -0.4 is 0 Å². The van der Waals surface area contributed by atoms with Crippen LogP contribution in [-0.2, 0) is 17.4 Å². The van der Waals surface area contributed by atoms with Gasteiger partial charge in [0.05, 0.1) is 28.7 Å². The quantitative estimate of drug-likeness (QED) is 0.294. The first-order valence-electron chi connectivity index (χ1n) is 11.8. The summed E-state index contributed by atoms with van der Waals surface area (Å²) in [4.78, 5) is 37.9. The second-order valence-electron chi connectivity index (χ2n) is 9.04. The molecule has 38 heavy (non-hydrogen) atoms. The van der Waals surface area contributed by atoms with Crippen LogP contribution in [0.4, 0.5) is 17.6 Å². The predicted molar refractivity (Wildman–Crippen MR) is 129 cm³/mol. The van der Waals surface area contributed by atoms with E-state index in [9.17, 15) is 42.2 Å². The monoisotopic (exact) mass is 529 g/mol. The molecule has 2 N–H and O–H groups in total. The number of carboxylic acid groups (broad SMARTS) is 1. The molecule has 2 unspecified atom stereocenters. The molecule has 6 nitrogen and oxygen atoms in total. The molecular formula is C28H23F4NO5. The first-order valence-corrected chi connectivity index (χ1v) is 11.8. The fourth-order valence-corrected chi connectivity index (χ4v) is 4.49. The maximum absolute atomic E-state index is 14.4. The first-order chi connectivity index (χ1) is 18.0. The van der Waals surface area contributed by atoms with Crippen LogP contribution in [0.25, 0.3) is 11.1 Å². The number of carboxylic acids is 1. The molecule has 2 amide bonds. The highest BCUT2D eigenvalue weighted by Crippen LogP contribution is 2.32. The van der Waals surface area contributed by atoms with Crippen LogP contribution in [0.5, 0.6) is 0 Å². The average Bonchev–Trinajstić information content (AvgIpc) is 3.12. The number of hydrogen-bond donors (Lipinski definition) is 2. The Bertz CT molecular complexity index is 1340. The Morgan fingerprint density at radius 1 is 0.868 bits per heavy atom. The molecule has 0 saturated heterocycles. The molecule has 0 spiro atoms. The van der Waals surface area contributed by atoms with Crippen molar-refractivity contribution in [1.82, 2.24) is 4.90 Å². The molecule has 10 heteroatoms. The Hall–Kier alpha value is -4.05. The molecule has 1 heterocycles. The van der Waals surface area contributed by atoms with E-state index in [2.05, 4.69) is 0 Å². The number of benzene rings is 3. The maximum atomic E-state index is 14.4. The van der Waals surface area contributed by atoms with E-state index in [0.717, 1.165) is 23.1 Å². The summed E-state index contributed by atoms with van der Waals surface area (Å²) in [6.07, 6.45) is -5.87. The summed E-state index contributed by atoms with van der Waals surface area (Å²) >= 11 is 0. The normalized spacial score (nSPS) is 14.9. The lowest BCUT2D eigenvalue weighted by Gasteiger charge is -2.22. The van der Waals surface area contributed by atoms with Crippen molar-refractivity contribution in [1.29, 1.82) is 0 Å². The molecule has 1 aliphatic rings. The second-order valence-corrected chi connectivity index (χ2v) is 9.04. The number of nitrogens with zero attached hydrogens (tertiary/aromatic N) is 1. The molecule has 0 aliphatic carbocycles. The standard InChI is InChI=1S/C28H23F4NO5/c29-23-11-5-16(15-22(23)17-7-9-18(10-8-17)28(30,31)32)6-12-24(34)21(27(37)38)13-14-33-25(35)19-3-1-2-4-20(19)26(33)36/h1-5,7-11,15,21,24,34H,6,12-14H2,(H,37,38). The molecule has 0 aromatic heterocycles. The lowest BCUT2D eigenvalue weighted by Crippen LogP contribution is -2.36. The number of carbonyl (C=O) groups is 3. The van der Waals surface area contributed by atoms with Gasteiger partial charge in [0.15, 0.2) is 0 Å². The highest BCUT2D eigenvalue weighted by Gasteiger charge is 2.36. The topological polar surface area (TPSA) is 94.9 Å². The predicted octanol–water partition coefficient (Wildman–Crippen LogP) is 5.19. The number of aliphatic hydroxyl groups excluding tert-OH is 1. The lowest BCUT2D eigenvalue weighted by molar-refractivity contribution is -0.146. The zero-order chi connectivity index (χ0) is 27.6. The van der Waals surface area contributed by atoms with Crippen molar-refractivity contribution in [3.8, 4) is 11.1 Å². The summed E-state index contributed by atoms with van der Waals surface area (Å²) in [7, 11) is 0. The number of imide groups is 1. The summed E-state index contributed by atoms with van der Waals surface area (Å²) in [5.41, 5.74) is 0.482. The van der Waals surface area contributed by atoms with Gasteiger partial charge < -0.3 is 10.2 Å². The third-order valence-electron chi connectivity index (χ3n) is 6.61. The van der Waals surface area contributed by atoms with Crippen LogP contribution in [-0.4, -0.2) is 45.5 Å². The molecule has 0 radical (unpaired) electrons. The van der Waals surface area contributed by atoms with Crippen LogP contribution in [0.1, 0.15) is 44.7 Å². The summed E-state index contributed by atoms with van der Waals surface area (Å²) < 4.78 is 52.9. The summed E-state index contributed by atoms with van der Waals surface area (Å²) in [5.74, 6) is -4.25. The van der Waals surface area contributed by atoms with Crippen molar-refractivity contribution >= 4 is 17.8 Å². The highest BCUT2D eigenvalue weighted by molar-refractivity contribution is 6.21. The van der Waals surface area contributed by atoms with Gasteiger partial charge in [0.1, 0.15) is 5.82 Å². The van der Waals surface area contributed by atoms with Crippen LogP contribution in [0.15, 0.2) is 66.7 Å². The van der Waals surface area contributed by atoms with Gasteiger partial charge in [-0.3, -0.25) is 19.3 Å². The van der Waals surface area contributed by atoms with Crippen molar-refractivity contribution in [3.63, 3.8) is 0 Å². The minimum absolute atomic E-state index is 0.0167. The van der Waals surface area contributed by atoms with Crippen LogP contribution >= 0.6 is 0 Å². The minimum Gasteiger partial charge on any atom is -0.481 e. The Morgan fingerprint density at radius 2 is 1.47 bits per heavy atom. The third kappa shape index (κ3) is 5.60. The van der Waals surface area contributed by atoms with Gasteiger partial charge in [0.25, 0.3) is 11.8 Å². The Morgan fingerprint density at radius 3 is 2.03 bits per heavy atom. The van der Waals surface area contributed by atoms with Gasteiger partial charge in [0, 0.05) is 12.1 Å². The van der Waals surface area contributed by atoms with Crippen molar-refractivity contribution in [2.45, 2.75) is 31.5 Å². The van der Waals surface area contributed by atoms with Gasteiger partial charge >= 0.3 is 12.1 Å². The number of aliphatic hydroxyl groups is 1. The van der Waals surface area contributed by atoms with Crippen molar-refractivity contribution in [2.75, 3.05) is 6.54 Å². The van der Waals surface area contributed by atoms with E-state index in [1.54, 1.807) is 12.1 Å². The highest BCUT2D eigenvalue weighted by atomic mass is 19.4. The van der Waals surface area contributed by atoms with Gasteiger partial charge in [-0.05, 0) is 66.8 Å². The van der Waals surface area contributed by atoms with Crippen molar-refractivity contribution in [3.05, 3.63) is 94.8 Å². The maximum Gasteiger partial charge on any atom is 0.416 e. The molecule has 3 aromatic carbocycles. The SMILES string of the molecule is O=C(O)C(CCN1C(=O)c2ccccc2C1=O)C(O)CCc1ccc(F)c(-c2ccc(C(F)(F)F)cc2)c1. The van der Waals surface area contributed by atoms with E-state index in [-0.39, 0.29) is 48.1 Å². The number of aryl methyl sites for hydroxylation is 1. The van der Waals surface area contributed by atoms with Gasteiger partial charge in [-0.1, -0.05) is 30.3 Å². The fourth-order valence-electron chi connectivity index (χ4n) is 4.49. The first kappa shape index (κ1) is 27.0. The molecule has 2 atom stereocenters. The number of carbonyl (C=O) groups excluding carboxylic acids is 2. The number of halogens is 4. The molecule has 4 rings (SSSR count). The molecule has 1 aliphatic heterocycles. The Kier molecular flexibility index (Phi) is 7.63. The van der Waals surface area contributed by atoms with E-state index >= 15 is 0 Å². The number of amides is 2. The van der Waals surface area contributed by atoms with E-state index in [1.807, 2.05) is 0 Å². The Labute approximate surface area is 215 Å². The number of fused-ring (bicyclic) bond motifs is 1. The lowest BCUT2D eigenvalue weighted by atomic mass is 9.92. The third-order valence-corrected chi connectivity index (χ3v) is 6.61. The minimum atomic E-state index is -4.52. The van der Waals surface area contributed by atoms with E-state index < -0.39 is 47.4 Å². The summed E-state index contributed by atoms with van der Waals surface area (Å²) in [6.45, 7) is -0.186. The Balaban J connectivity index is 1.41. The molecule has 0 saturated carbocycles. The average molecular weight is 529 g/mol. The van der Waals surface area contributed by atoms with Crippen LogP contribution in [0.2, 0.25) is 0 Å². The van der Waals surface area contributed by atoms with Crippen molar-refractivity contribution < 1.29 is 42.2 Å². The summed E-state index contributed by atoms with van der Waals surface area (Å²) in [5, 5.41) is 20.3. The van der Waals surface area contributed by atoms with Crippen LogP contribution in [0, 0.1) is 11.7 Å². The van der Waals surface area contributed by atoms with Crippen molar-refractivity contribution in [2.24, 2.45) is 5.92 Å². The van der Waals surface area contributed by atoms with E-state index in [4.69, 9.17) is 0 Å². The van der Waals surface area contributed by atoms with Gasteiger partial charge in [0.2, 0.25) is 0 Å². The second kappa shape index (κ2) is 10.7. The zero-order valence-electron chi connectivity index (χ0n) is 19.9. The number of hydrogen-bond acceptors (Lipinski definition) is 4. The van der Waals surface area contributed by atoms with Gasteiger partial charge in [-0.2, -0.15) is 13.2 Å². The zero-order valence-corrected chi connectivity index (χ0v) is 19.9. The fraction of sp³-hybridized carbons (Fsp3) is 0.250. The molecule has 0 fully saturated rings. The van der Waals surface area contributed by atoms with Gasteiger partial charge in [-0.25, -0.2) is 4.39 Å². The summed E-state index contributed by atoms with van der Waals surface area (Å²) in [6, 6.07) is 14.4. The van der Waals surface area contributed by atoms with Crippen LogP contribution in [0.3, 0.4) is 0 Å². The van der Waals surface area contributed by atoms with E-state index in [0.29, 0.717) is 5.56 Å². The largest absolute Gasteiger partial charge is 0.481 e. The number of alkyl halides is 3. The number of rotatable bonds is 9. The van der Waals surface area contributed by atoms with Gasteiger partial charge in [-0.15, -0.1) is 0 Å². The molecule has 198 valence electrons. The molecular weight excluding hydrogens is 506 g/mol. The van der Waals surface area contributed by atoms with E-state index in [1.165, 1.54) is 36.4 Å². The number of aliphatic carboxylic acids is 1. The smallest absolute Gasteiger partial charge is 0.416 e. The molecule has 3 aromatic rings.